The van der Waals surface area contributed by atoms with Crippen molar-refractivity contribution in [3.05, 3.63) is 50.9 Å². The summed E-state index contributed by atoms with van der Waals surface area (Å²) in [5, 5.41) is 0. The Morgan fingerprint density at radius 1 is 1.09 bits per heavy atom. The Bertz CT molecular complexity index is 1020. The van der Waals surface area contributed by atoms with Crippen LogP contribution in [-0.4, -0.2) is 59.8 Å². The fourth-order valence-electron chi connectivity index (χ4n) is 5.39. The topological polar surface area (TPSA) is 64.7 Å². The molecule has 7 heteroatoms. The van der Waals surface area contributed by atoms with E-state index in [1.807, 2.05) is 0 Å². The normalized spacial score (nSPS) is 24.1. The summed E-state index contributed by atoms with van der Waals surface area (Å²) < 4.78 is 5.84. The summed E-state index contributed by atoms with van der Waals surface area (Å²) in [5.74, 6) is 0.684. The van der Waals surface area contributed by atoms with E-state index in [1.54, 1.807) is 0 Å². The van der Waals surface area contributed by atoms with E-state index in [9.17, 15) is 4.79 Å². The Kier molecular flexibility index (Phi) is 5.95. The van der Waals surface area contributed by atoms with Crippen LogP contribution in [0.5, 0.6) is 0 Å². The van der Waals surface area contributed by atoms with Crippen molar-refractivity contribution in [1.82, 2.24) is 14.9 Å². The third kappa shape index (κ3) is 4.41. The minimum absolute atomic E-state index is 0.0163. The van der Waals surface area contributed by atoms with Gasteiger partial charge in [0, 0.05) is 57.1 Å². The summed E-state index contributed by atoms with van der Waals surface area (Å²) in [6.45, 7) is 12.7. The van der Waals surface area contributed by atoms with Crippen LogP contribution in [-0.2, 0) is 24.2 Å². The van der Waals surface area contributed by atoms with Crippen molar-refractivity contribution >= 4 is 11.6 Å². The highest BCUT2D eigenvalue weighted by atomic mass is 16.5. The number of hydrogen-bond acceptors (Lipinski definition) is 6. The molecule has 1 aromatic carbocycles. The second-order valence-electron chi connectivity index (χ2n) is 9.74. The van der Waals surface area contributed by atoms with Gasteiger partial charge in [0.1, 0.15) is 0 Å². The van der Waals surface area contributed by atoms with Crippen LogP contribution in [0.1, 0.15) is 49.1 Å². The molecule has 2 fully saturated rings. The molecule has 0 spiro atoms. The largest absolute Gasteiger partial charge is 0.372 e. The van der Waals surface area contributed by atoms with Gasteiger partial charge >= 0.3 is 0 Å². The maximum absolute atomic E-state index is 12.8. The molecule has 1 N–H and O–H groups in total. The molecule has 0 saturated carbocycles. The molecule has 172 valence electrons. The van der Waals surface area contributed by atoms with Crippen LogP contribution in [0.3, 0.4) is 0 Å². The van der Waals surface area contributed by atoms with Gasteiger partial charge in [0.05, 0.1) is 17.9 Å². The third-order valence-electron chi connectivity index (χ3n) is 7.05. The number of ether oxygens (including phenoxy) is 1. The van der Waals surface area contributed by atoms with Gasteiger partial charge < -0.3 is 14.5 Å². The van der Waals surface area contributed by atoms with Crippen molar-refractivity contribution in [2.24, 2.45) is 0 Å². The van der Waals surface area contributed by atoms with Crippen LogP contribution in [0.25, 0.3) is 0 Å². The van der Waals surface area contributed by atoms with E-state index in [1.165, 1.54) is 42.7 Å². The predicted molar refractivity (Wildman–Crippen MR) is 128 cm³/mol. The smallest absolute Gasteiger partial charge is 0.255 e. The number of hydrogen-bond donors (Lipinski definition) is 1. The minimum Gasteiger partial charge on any atom is -0.372 e. The van der Waals surface area contributed by atoms with E-state index in [0.29, 0.717) is 5.95 Å². The molecule has 0 aliphatic carbocycles. The Labute approximate surface area is 190 Å². The fourth-order valence-corrected chi connectivity index (χ4v) is 5.39. The third-order valence-corrected chi connectivity index (χ3v) is 7.05. The molecular weight excluding hydrogens is 402 g/mol. The summed E-state index contributed by atoms with van der Waals surface area (Å²) in [5.41, 5.74) is 5.84. The summed E-state index contributed by atoms with van der Waals surface area (Å²) in [7, 11) is 0. The van der Waals surface area contributed by atoms with Crippen LogP contribution in [0.15, 0.2) is 23.0 Å². The number of aryl methyl sites for hydroxylation is 1. The molecular formula is C25H35N5O2. The lowest BCUT2D eigenvalue weighted by Gasteiger charge is -2.36. The fraction of sp³-hybridized carbons (Fsp3) is 0.600. The zero-order valence-electron chi connectivity index (χ0n) is 19.6. The van der Waals surface area contributed by atoms with E-state index in [-0.39, 0.29) is 17.8 Å². The number of H-pyrrole nitrogens is 1. The second kappa shape index (κ2) is 8.87. The number of benzene rings is 1. The molecule has 7 nitrogen and oxygen atoms in total. The summed E-state index contributed by atoms with van der Waals surface area (Å²) in [6.07, 6.45) is 3.60. The number of aromatic nitrogens is 2. The molecule has 0 amide bonds. The van der Waals surface area contributed by atoms with Gasteiger partial charge in [-0.05, 0) is 63.3 Å². The predicted octanol–water partition coefficient (Wildman–Crippen LogP) is 2.85. The molecule has 2 aromatic rings. The van der Waals surface area contributed by atoms with Crippen molar-refractivity contribution in [2.45, 2.75) is 65.3 Å². The minimum atomic E-state index is 0.0163. The molecule has 0 radical (unpaired) electrons. The lowest BCUT2D eigenvalue weighted by Crippen LogP contribution is -2.47. The Morgan fingerprint density at radius 2 is 1.84 bits per heavy atom. The average molecular weight is 438 g/mol. The highest BCUT2D eigenvalue weighted by Crippen LogP contribution is 2.25. The first-order chi connectivity index (χ1) is 15.5. The zero-order chi connectivity index (χ0) is 22.2. The van der Waals surface area contributed by atoms with Gasteiger partial charge in [-0.3, -0.25) is 14.7 Å². The average Bonchev–Trinajstić information content (AvgIpc) is 3.29. The maximum Gasteiger partial charge on any atom is 0.255 e. The van der Waals surface area contributed by atoms with Crippen LogP contribution < -0.4 is 15.4 Å². The van der Waals surface area contributed by atoms with Crippen molar-refractivity contribution in [2.75, 3.05) is 42.5 Å². The van der Waals surface area contributed by atoms with Crippen molar-refractivity contribution in [3.63, 3.8) is 0 Å². The molecule has 2 saturated heterocycles. The van der Waals surface area contributed by atoms with E-state index in [4.69, 9.17) is 9.72 Å². The van der Waals surface area contributed by atoms with Crippen molar-refractivity contribution in [3.8, 4) is 0 Å². The highest BCUT2D eigenvalue weighted by Gasteiger charge is 2.27. The molecule has 3 aliphatic heterocycles. The Balaban J connectivity index is 1.32. The molecule has 4 heterocycles. The van der Waals surface area contributed by atoms with Crippen molar-refractivity contribution in [1.29, 1.82) is 0 Å². The standard InChI is InChI=1S/C25H35N5O2/c1-17-12-21(29-9-4-5-10-29)7-6-20(17)15-28-11-8-22-23(16-28)26-25(27-24(22)31)30-13-18(2)32-19(3)14-30/h6-7,12,18-19H,4-5,8-11,13-16H2,1-3H3,(H,26,27,31)/t18-,19-/m0/s1. The molecule has 1 aromatic heterocycles. The first kappa shape index (κ1) is 21.5. The van der Waals surface area contributed by atoms with Gasteiger partial charge in [-0.15, -0.1) is 0 Å². The highest BCUT2D eigenvalue weighted by molar-refractivity contribution is 5.51. The molecule has 0 unspecified atom stereocenters. The van der Waals surface area contributed by atoms with E-state index >= 15 is 0 Å². The lowest BCUT2D eigenvalue weighted by molar-refractivity contribution is -0.00576. The first-order valence-corrected chi connectivity index (χ1v) is 12.1. The number of aromatic amines is 1. The summed E-state index contributed by atoms with van der Waals surface area (Å²) in [6, 6.07) is 6.89. The van der Waals surface area contributed by atoms with Gasteiger partial charge in [0.2, 0.25) is 5.95 Å². The zero-order valence-corrected chi connectivity index (χ0v) is 19.6. The Hall–Kier alpha value is -2.38. The second-order valence-corrected chi connectivity index (χ2v) is 9.74. The lowest BCUT2D eigenvalue weighted by atomic mass is 10.0. The van der Waals surface area contributed by atoms with Crippen LogP contribution >= 0.6 is 0 Å². The molecule has 0 bridgehead atoms. The van der Waals surface area contributed by atoms with Crippen LogP contribution in [0.2, 0.25) is 0 Å². The van der Waals surface area contributed by atoms with Gasteiger partial charge in [-0.25, -0.2) is 4.98 Å². The molecule has 3 aliphatic rings. The number of nitrogens with zero attached hydrogens (tertiary/aromatic N) is 4. The first-order valence-electron chi connectivity index (χ1n) is 12.1. The molecule has 32 heavy (non-hydrogen) atoms. The summed E-state index contributed by atoms with van der Waals surface area (Å²) >= 11 is 0. The Morgan fingerprint density at radius 3 is 2.56 bits per heavy atom. The van der Waals surface area contributed by atoms with E-state index in [2.05, 4.69) is 58.7 Å². The maximum atomic E-state index is 12.8. The van der Waals surface area contributed by atoms with E-state index in [0.717, 1.165) is 50.4 Å². The van der Waals surface area contributed by atoms with Gasteiger partial charge in [-0.1, -0.05) is 6.07 Å². The quantitative estimate of drug-likeness (QED) is 0.794. The number of rotatable bonds is 4. The molecule has 5 rings (SSSR count). The van der Waals surface area contributed by atoms with Crippen LogP contribution in [0.4, 0.5) is 11.6 Å². The monoisotopic (exact) mass is 437 g/mol. The van der Waals surface area contributed by atoms with Crippen molar-refractivity contribution < 1.29 is 4.74 Å². The summed E-state index contributed by atoms with van der Waals surface area (Å²) in [4.78, 5) is 27.8. The van der Waals surface area contributed by atoms with Gasteiger partial charge in [0.15, 0.2) is 0 Å². The number of anilines is 2. The number of morpholine rings is 1. The number of nitrogens with one attached hydrogen (secondary N) is 1. The van der Waals surface area contributed by atoms with Gasteiger partial charge in [-0.2, -0.15) is 0 Å². The van der Waals surface area contributed by atoms with E-state index < -0.39 is 0 Å². The molecule has 2 atom stereocenters. The number of fused-ring (bicyclic) bond motifs is 1. The SMILES string of the molecule is Cc1cc(N2CCCC2)ccc1CN1CCc2c(nc(N3C[C@H](C)O[C@@H](C)C3)[nH]c2=O)C1. The van der Waals surface area contributed by atoms with Crippen LogP contribution in [0, 0.1) is 6.92 Å². The van der Waals surface area contributed by atoms with Gasteiger partial charge in [0.25, 0.3) is 5.56 Å².